The van der Waals surface area contributed by atoms with Crippen LogP contribution in [0.3, 0.4) is 0 Å². The highest BCUT2D eigenvalue weighted by Crippen LogP contribution is 2.18. The normalized spacial score (nSPS) is 20.3. The summed E-state index contributed by atoms with van der Waals surface area (Å²) >= 11 is 0. The molecule has 0 N–H and O–H groups in total. The first kappa shape index (κ1) is 12.3. The third kappa shape index (κ3) is 3.40. The van der Waals surface area contributed by atoms with Gasteiger partial charge in [-0.05, 0) is 26.2 Å². The van der Waals surface area contributed by atoms with Crippen LogP contribution in [0.4, 0.5) is 0 Å². The zero-order valence-corrected chi connectivity index (χ0v) is 10.4. The van der Waals surface area contributed by atoms with Crippen LogP contribution < -0.4 is 0 Å². The molecule has 1 aliphatic rings. The molecule has 0 saturated heterocycles. The number of hydrogen-bond acceptors (Lipinski definition) is 3. The molecule has 1 atom stereocenters. The Bertz CT molecular complexity index is 191. The van der Waals surface area contributed by atoms with E-state index in [-0.39, 0.29) is 0 Å². The highest BCUT2D eigenvalue weighted by atomic mass is 15.6. The van der Waals surface area contributed by atoms with Crippen molar-refractivity contribution in [3.63, 3.8) is 0 Å². The van der Waals surface area contributed by atoms with Crippen LogP contribution in [0.2, 0.25) is 0 Å². The van der Waals surface area contributed by atoms with Crippen molar-refractivity contribution < 1.29 is 0 Å². The minimum Gasteiger partial charge on any atom is -0.340 e. The molecule has 0 amide bonds. The van der Waals surface area contributed by atoms with Crippen molar-refractivity contribution in [3.8, 4) is 0 Å². The van der Waals surface area contributed by atoms with Crippen LogP contribution in [-0.2, 0) is 0 Å². The fourth-order valence-electron chi connectivity index (χ4n) is 1.98. The number of nitrogens with zero attached hydrogens (tertiary/aromatic N) is 3. The quantitative estimate of drug-likeness (QED) is 0.645. The van der Waals surface area contributed by atoms with Gasteiger partial charge in [-0.1, -0.05) is 26.7 Å². The average molecular weight is 211 g/mol. The zero-order chi connectivity index (χ0) is 11.1. The molecule has 0 spiro atoms. The van der Waals surface area contributed by atoms with Crippen molar-refractivity contribution in [3.05, 3.63) is 0 Å². The number of hydrazone groups is 1. The standard InChI is InChI=1S/C12H25N3/c1-4-7-9-12-14(6-3)11-13-15(12)10-8-5-2/h11-12H,4-10H2,1-3H3. The molecule has 1 unspecified atom stereocenters. The van der Waals surface area contributed by atoms with Crippen molar-refractivity contribution >= 4 is 6.34 Å². The summed E-state index contributed by atoms with van der Waals surface area (Å²) in [5.74, 6) is 0. The lowest BCUT2D eigenvalue weighted by atomic mass is 10.2. The first-order valence-corrected chi connectivity index (χ1v) is 6.39. The van der Waals surface area contributed by atoms with E-state index in [0.29, 0.717) is 6.17 Å². The minimum atomic E-state index is 0.529. The van der Waals surface area contributed by atoms with Crippen molar-refractivity contribution in [2.75, 3.05) is 13.1 Å². The van der Waals surface area contributed by atoms with Gasteiger partial charge in [-0.2, -0.15) is 5.10 Å². The van der Waals surface area contributed by atoms with Gasteiger partial charge in [0, 0.05) is 13.1 Å². The molecule has 15 heavy (non-hydrogen) atoms. The highest BCUT2D eigenvalue weighted by Gasteiger charge is 2.25. The van der Waals surface area contributed by atoms with Crippen molar-refractivity contribution in [1.29, 1.82) is 0 Å². The average Bonchev–Trinajstić information content (AvgIpc) is 2.65. The minimum absolute atomic E-state index is 0.529. The van der Waals surface area contributed by atoms with Gasteiger partial charge >= 0.3 is 0 Å². The molecule has 0 saturated carbocycles. The maximum atomic E-state index is 4.49. The van der Waals surface area contributed by atoms with E-state index in [1.165, 1.54) is 32.1 Å². The molecule has 1 heterocycles. The van der Waals surface area contributed by atoms with E-state index in [1.807, 2.05) is 6.34 Å². The lowest BCUT2D eigenvalue weighted by Crippen LogP contribution is -2.39. The monoisotopic (exact) mass is 211 g/mol. The van der Waals surface area contributed by atoms with E-state index in [9.17, 15) is 0 Å². The predicted molar refractivity (Wildman–Crippen MR) is 65.8 cm³/mol. The van der Waals surface area contributed by atoms with Crippen LogP contribution >= 0.6 is 0 Å². The Morgan fingerprint density at radius 2 is 1.87 bits per heavy atom. The summed E-state index contributed by atoms with van der Waals surface area (Å²) < 4.78 is 0. The lowest BCUT2D eigenvalue weighted by molar-refractivity contribution is 0.121. The van der Waals surface area contributed by atoms with Crippen molar-refractivity contribution in [1.82, 2.24) is 9.91 Å². The van der Waals surface area contributed by atoms with E-state index in [0.717, 1.165) is 13.1 Å². The summed E-state index contributed by atoms with van der Waals surface area (Å²) in [5.41, 5.74) is 0. The maximum Gasteiger partial charge on any atom is 0.119 e. The maximum absolute atomic E-state index is 4.49. The van der Waals surface area contributed by atoms with Gasteiger partial charge in [-0.15, -0.1) is 0 Å². The summed E-state index contributed by atoms with van der Waals surface area (Å²) in [5, 5.41) is 6.76. The smallest absolute Gasteiger partial charge is 0.119 e. The Morgan fingerprint density at radius 3 is 2.47 bits per heavy atom. The molecule has 0 aliphatic carbocycles. The number of unbranched alkanes of at least 4 members (excludes halogenated alkanes) is 2. The largest absolute Gasteiger partial charge is 0.340 e. The Hall–Kier alpha value is -0.730. The Kier molecular flexibility index (Phi) is 5.51. The SMILES string of the molecule is CCCCC1N(CC)C=NN1CCCC. The highest BCUT2D eigenvalue weighted by molar-refractivity contribution is 5.56. The molecule has 0 bridgehead atoms. The topological polar surface area (TPSA) is 18.8 Å². The summed E-state index contributed by atoms with van der Waals surface area (Å²) in [6, 6.07) is 0. The Morgan fingerprint density at radius 1 is 1.13 bits per heavy atom. The fourth-order valence-corrected chi connectivity index (χ4v) is 1.98. The van der Waals surface area contributed by atoms with Gasteiger partial charge in [0.15, 0.2) is 0 Å². The van der Waals surface area contributed by atoms with E-state index in [2.05, 4.69) is 35.8 Å². The molecule has 3 heteroatoms. The van der Waals surface area contributed by atoms with Gasteiger partial charge in [0.2, 0.25) is 0 Å². The molecule has 1 aliphatic heterocycles. The van der Waals surface area contributed by atoms with Crippen LogP contribution in [0.15, 0.2) is 5.10 Å². The Balaban J connectivity index is 2.43. The molecular formula is C12H25N3. The van der Waals surface area contributed by atoms with E-state index < -0.39 is 0 Å². The van der Waals surface area contributed by atoms with E-state index >= 15 is 0 Å². The summed E-state index contributed by atoms with van der Waals surface area (Å²) in [6.07, 6.45) is 8.85. The molecule has 0 radical (unpaired) electrons. The van der Waals surface area contributed by atoms with Crippen molar-refractivity contribution in [2.24, 2.45) is 5.10 Å². The molecule has 0 fully saturated rings. The molecule has 88 valence electrons. The number of hydrogen-bond donors (Lipinski definition) is 0. The third-order valence-electron chi connectivity index (χ3n) is 3.00. The second-order valence-corrected chi connectivity index (χ2v) is 4.20. The first-order valence-electron chi connectivity index (χ1n) is 6.39. The summed E-state index contributed by atoms with van der Waals surface area (Å²) in [4.78, 5) is 2.35. The molecule has 0 aromatic rings. The third-order valence-corrected chi connectivity index (χ3v) is 3.00. The zero-order valence-electron chi connectivity index (χ0n) is 10.4. The molecule has 1 rings (SSSR count). The first-order chi connectivity index (χ1) is 7.33. The molecule has 0 aromatic heterocycles. The van der Waals surface area contributed by atoms with Gasteiger partial charge in [0.1, 0.15) is 12.5 Å². The summed E-state index contributed by atoms with van der Waals surface area (Å²) in [7, 11) is 0. The van der Waals surface area contributed by atoms with E-state index in [1.54, 1.807) is 0 Å². The summed E-state index contributed by atoms with van der Waals surface area (Å²) in [6.45, 7) is 8.87. The number of rotatable bonds is 7. The van der Waals surface area contributed by atoms with Gasteiger partial charge in [0.25, 0.3) is 0 Å². The van der Waals surface area contributed by atoms with Crippen LogP contribution in [0.5, 0.6) is 0 Å². The van der Waals surface area contributed by atoms with Crippen LogP contribution in [0.25, 0.3) is 0 Å². The van der Waals surface area contributed by atoms with Gasteiger partial charge < -0.3 is 4.90 Å². The fraction of sp³-hybridized carbons (Fsp3) is 0.917. The van der Waals surface area contributed by atoms with Crippen LogP contribution in [0, 0.1) is 0 Å². The van der Waals surface area contributed by atoms with Crippen LogP contribution in [0.1, 0.15) is 52.9 Å². The van der Waals surface area contributed by atoms with Crippen molar-refractivity contribution in [2.45, 2.75) is 59.0 Å². The molecular weight excluding hydrogens is 186 g/mol. The second-order valence-electron chi connectivity index (χ2n) is 4.20. The molecule has 0 aromatic carbocycles. The van der Waals surface area contributed by atoms with Gasteiger partial charge in [0.05, 0.1) is 0 Å². The van der Waals surface area contributed by atoms with Gasteiger partial charge in [-0.25, -0.2) is 0 Å². The molecule has 3 nitrogen and oxygen atoms in total. The van der Waals surface area contributed by atoms with E-state index in [4.69, 9.17) is 0 Å². The van der Waals surface area contributed by atoms with Gasteiger partial charge in [-0.3, -0.25) is 5.01 Å². The lowest BCUT2D eigenvalue weighted by Gasteiger charge is -2.29. The Labute approximate surface area is 94.1 Å². The second kappa shape index (κ2) is 6.70. The van der Waals surface area contributed by atoms with Crippen LogP contribution in [-0.4, -0.2) is 35.5 Å². The predicted octanol–water partition coefficient (Wildman–Crippen LogP) is 2.88.